The number of carboxylic acid groups (broad SMARTS) is 2. The van der Waals surface area contributed by atoms with Crippen LogP contribution in [0.4, 0.5) is 10.2 Å². The highest BCUT2D eigenvalue weighted by Gasteiger charge is 2.49. The van der Waals surface area contributed by atoms with Gasteiger partial charge in [0.15, 0.2) is 11.5 Å². The number of ether oxygens (including phenoxy) is 2. The number of alkyl halides is 1. The summed E-state index contributed by atoms with van der Waals surface area (Å²) < 4.78 is 28.3. The van der Waals surface area contributed by atoms with E-state index in [1.54, 1.807) is 0 Å². The monoisotopic (exact) mass is 577 g/mol. The Morgan fingerprint density at radius 1 is 1.18 bits per heavy atom. The van der Waals surface area contributed by atoms with Gasteiger partial charge in [0.05, 0.1) is 25.7 Å². The molecule has 40 heavy (non-hydrogen) atoms. The maximum Gasteiger partial charge on any atom is 0.348 e. The number of imidazole rings is 1. The highest BCUT2D eigenvalue weighted by Crippen LogP contribution is 2.27. The lowest BCUT2D eigenvalue weighted by Gasteiger charge is -2.30. The highest BCUT2D eigenvalue weighted by atomic mass is 35.5. The van der Waals surface area contributed by atoms with Crippen LogP contribution in [-0.2, 0) is 32.0 Å². The van der Waals surface area contributed by atoms with Crippen molar-refractivity contribution in [2.45, 2.75) is 37.1 Å². The maximum absolute atomic E-state index is 15.4. The molecule has 0 spiro atoms. The molecular formula is C24H25ClFN7O7. The molecule has 16 heteroatoms. The van der Waals surface area contributed by atoms with Crippen LogP contribution in [0.15, 0.2) is 49.1 Å². The van der Waals surface area contributed by atoms with Crippen LogP contribution in [0.3, 0.4) is 0 Å². The second-order valence-corrected chi connectivity index (χ2v) is 9.13. The molecule has 5 N–H and O–H groups in total. The molecule has 0 fully saturated rings. The van der Waals surface area contributed by atoms with E-state index in [0.717, 1.165) is 23.6 Å². The predicted octanol–water partition coefficient (Wildman–Crippen LogP) is 1.32. The number of halogens is 2. The van der Waals surface area contributed by atoms with E-state index in [9.17, 15) is 24.9 Å². The Bertz CT molecular complexity index is 1490. The summed E-state index contributed by atoms with van der Waals surface area (Å²) in [6.45, 7) is -0.436. The van der Waals surface area contributed by atoms with E-state index >= 15 is 4.39 Å². The standard InChI is InChI=1S/C24H25ClFN7O7/c1-39-15(17(34)18(26)33-12-28-16-19(27)30-23(25)31-20(16)33)11-40-24(21(35)36,22(37)38)7-14-8-29-32(10-14)9-13-5-3-2-4-6-13/h2-6,8,10,12,15,17-18,34H,7,9,11H2,1H3,(H,35,36)(H,37,38)(H2,27,30,31)/t15-,17-,18-/m1/s1. The summed E-state index contributed by atoms with van der Waals surface area (Å²) in [5.41, 5.74) is 4.05. The van der Waals surface area contributed by atoms with Crippen molar-refractivity contribution in [3.8, 4) is 0 Å². The van der Waals surface area contributed by atoms with Crippen LogP contribution in [0.25, 0.3) is 11.2 Å². The van der Waals surface area contributed by atoms with Crippen LogP contribution >= 0.6 is 11.6 Å². The third kappa shape index (κ3) is 5.86. The molecule has 212 valence electrons. The number of aliphatic hydroxyl groups excluding tert-OH is 1. The van der Waals surface area contributed by atoms with Crippen molar-refractivity contribution in [1.82, 2.24) is 29.3 Å². The Morgan fingerprint density at radius 3 is 2.52 bits per heavy atom. The summed E-state index contributed by atoms with van der Waals surface area (Å²) in [6.07, 6.45) is -2.51. The number of hydrogen-bond donors (Lipinski definition) is 4. The Balaban J connectivity index is 1.51. The molecule has 3 aromatic heterocycles. The minimum Gasteiger partial charge on any atom is -0.479 e. The molecule has 0 radical (unpaired) electrons. The average Bonchev–Trinajstić information content (AvgIpc) is 3.54. The van der Waals surface area contributed by atoms with Gasteiger partial charge >= 0.3 is 11.9 Å². The number of hydrogen-bond acceptors (Lipinski definition) is 10. The van der Waals surface area contributed by atoms with E-state index in [1.807, 2.05) is 30.3 Å². The first kappa shape index (κ1) is 28.8. The number of aliphatic hydroxyl groups is 1. The zero-order chi connectivity index (χ0) is 29.0. The quantitative estimate of drug-likeness (QED) is 0.131. The van der Waals surface area contributed by atoms with Crippen molar-refractivity contribution in [2.75, 3.05) is 19.5 Å². The summed E-state index contributed by atoms with van der Waals surface area (Å²) in [7, 11) is 1.11. The molecule has 3 heterocycles. The van der Waals surface area contributed by atoms with Gasteiger partial charge in [0.2, 0.25) is 11.6 Å². The van der Waals surface area contributed by atoms with Crippen LogP contribution < -0.4 is 5.73 Å². The van der Waals surface area contributed by atoms with Gasteiger partial charge in [-0.25, -0.2) is 19.0 Å². The molecule has 0 unspecified atom stereocenters. The van der Waals surface area contributed by atoms with Gasteiger partial charge in [-0.3, -0.25) is 9.25 Å². The van der Waals surface area contributed by atoms with E-state index in [0.29, 0.717) is 6.54 Å². The summed E-state index contributed by atoms with van der Waals surface area (Å²) in [5, 5.41) is 34.4. The molecule has 0 aliphatic rings. The number of fused-ring (bicyclic) bond motifs is 1. The fourth-order valence-electron chi connectivity index (χ4n) is 4.02. The van der Waals surface area contributed by atoms with Gasteiger partial charge < -0.3 is 30.5 Å². The van der Waals surface area contributed by atoms with E-state index in [-0.39, 0.29) is 27.8 Å². The molecular weight excluding hydrogens is 553 g/mol. The van der Waals surface area contributed by atoms with Gasteiger partial charge in [-0.05, 0) is 22.7 Å². The minimum atomic E-state index is -2.79. The molecule has 0 saturated heterocycles. The van der Waals surface area contributed by atoms with Crippen LogP contribution in [-0.4, -0.2) is 88.1 Å². The van der Waals surface area contributed by atoms with E-state index in [2.05, 4.69) is 20.1 Å². The lowest BCUT2D eigenvalue weighted by Crippen LogP contribution is -2.53. The molecule has 4 rings (SSSR count). The van der Waals surface area contributed by atoms with Crippen molar-refractivity contribution in [2.24, 2.45) is 0 Å². The Kier molecular flexibility index (Phi) is 8.58. The summed E-state index contributed by atoms with van der Waals surface area (Å²) in [5.74, 6) is -3.72. The number of methoxy groups -OCH3 is 1. The van der Waals surface area contributed by atoms with Gasteiger partial charge in [-0.15, -0.1) is 0 Å². The SMILES string of the molecule is CO[C@H](COC(Cc1cnn(Cc2ccccc2)c1)(C(=O)O)C(=O)O)[C@@H](O)[C@H](F)n1cnc2c(N)nc(Cl)nc21. The van der Waals surface area contributed by atoms with Gasteiger partial charge in [-0.2, -0.15) is 15.1 Å². The summed E-state index contributed by atoms with van der Waals surface area (Å²) >= 11 is 5.80. The summed E-state index contributed by atoms with van der Waals surface area (Å²) in [4.78, 5) is 35.9. The molecule has 1 aromatic carbocycles. The Hall–Kier alpha value is -4.18. The summed E-state index contributed by atoms with van der Waals surface area (Å²) in [6, 6.07) is 9.31. The number of rotatable bonds is 13. The van der Waals surface area contributed by atoms with Gasteiger partial charge in [0.25, 0.3) is 5.60 Å². The zero-order valence-corrected chi connectivity index (χ0v) is 21.7. The van der Waals surface area contributed by atoms with Crippen molar-refractivity contribution in [3.05, 3.63) is 65.5 Å². The number of anilines is 1. The number of aromatic nitrogens is 6. The minimum absolute atomic E-state index is 0.0352. The number of aliphatic carboxylic acids is 2. The normalized spacial score (nSPS) is 14.2. The van der Waals surface area contributed by atoms with E-state index in [1.165, 1.54) is 17.1 Å². The molecule has 0 saturated carbocycles. The average molecular weight is 578 g/mol. The van der Waals surface area contributed by atoms with Crippen molar-refractivity contribution >= 4 is 40.5 Å². The molecule has 4 aromatic rings. The van der Waals surface area contributed by atoms with E-state index < -0.39 is 49.1 Å². The number of benzene rings is 1. The number of nitrogens with two attached hydrogens (primary N) is 1. The lowest BCUT2D eigenvalue weighted by atomic mass is 9.96. The van der Waals surface area contributed by atoms with Crippen LogP contribution in [0.5, 0.6) is 0 Å². The van der Waals surface area contributed by atoms with Crippen LogP contribution in [0.1, 0.15) is 17.4 Å². The second kappa shape index (κ2) is 11.9. The second-order valence-electron chi connectivity index (χ2n) is 8.80. The third-order valence-corrected chi connectivity index (χ3v) is 6.33. The van der Waals surface area contributed by atoms with Crippen molar-refractivity contribution in [1.29, 1.82) is 0 Å². The first-order valence-corrected chi connectivity index (χ1v) is 12.1. The maximum atomic E-state index is 15.4. The van der Waals surface area contributed by atoms with Crippen molar-refractivity contribution in [3.63, 3.8) is 0 Å². The van der Waals surface area contributed by atoms with E-state index in [4.69, 9.17) is 26.8 Å². The van der Waals surface area contributed by atoms with Crippen LogP contribution in [0.2, 0.25) is 5.28 Å². The largest absolute Gasteiger partial charge is 0.479 e. The predicted molar refractivity (Wildman–Crippen MR) is 137 cm³/mol. The van der Waals surface area contributed by atoms with Crippen molar-refractivity contribution < 1.29 is 38.8 Å². The first-order valence-electron chi connectivity index (χ1n) is 11.7. The van der Waals surface area contributed by atoms with Crippen LogP contribution in [0, 0.1) is 0 Å². The fraction of sp³-hybridized carbons (Fsp3) is 0.333. The smallest absolute Gasteiger partial charge is 0.348 e. The van der Waals surface area contributed by atoms with Gasteiger partial charge in [0.1, 0.15) is 17.7 Å². The van der Waals surface area contributed by atoms with Gasteiger partial charge in [-0.1, -0.05) is 30.3 Å². The molecule has 0 aliphatic carbocycles. The van der Waals surface area contributed by atoms with Gasteiger partial charge in [0, 0.05) is 19.7 Å². The molecule has 0 bridgehead atoms. The third-order valence-electron chi connectivity index (χ3n) is 6.16. The molecule has 0 amide bonds. The topological polar surface area (TPSA) is 201 Å². The highest BCUT2D eigenvalue weighted by molar-refractivity contribution is 6.28. The first-order chi connectivity index (χ1) is 19.1. The molecule has 3 atom stereocenters. The lowest BCUT2D eigenvalue weighted by molar-refractivity contribution is -0.192. The number of nitrogens with zero attached hydrogens (tertiary/aromatic N) is 6. The molecule has 0 aliphatic heterocycles. The Morgan fingerprint density at radius 2 is 1.88 bits per heavy atom. The number of carbonyl (C=O) groups is 2. The number of nitrogen functional groups attached to an aromatic ring is 1. The number of carboxylic acids is 2. The zero-order valence-electron chi connectivity index (χ0n) is 21.0. The molecule has 14 nitrogen and oxygen atoms in total. The Labute approximate surface area is 230 Å². The fourth-order valence-corrected chi connectivity index (χ4v) is 4.19.